The van der Waals surface area contributed by atoms with E-state index in [0.29, 0.717) is 13.0 Å². The van der Waals surface area contributed by atoms with Gasteiger partial charge in [0.15, 0.2) is 0 Å². The Morgan fingerprint density at radius 3 is 1.52 bits per heavy atom. The quantitative estimate of drug-likeness (QED) is 0.228. The number of unbranched alkanes of at least 4 members (excludes halogenated alkanes) is 5. The van der Waals surface area contributed by atoms with Gasteiger partial charge in [0, 0.05) is 0 Å². The fourth-order valence-electron chi connectivity index (χ4n) is 4.03. The summed E-state index contributed by atoms with van der Waals surface area (Å²) in [7, 11) is 0. The van der Waals surface area contributed by atoms with Crippen LogP contribution in [-0.4, -0.2) is 43.2 Å². The molecule has 0 aliphatic carbocycles. The van der Waals surface area contributed by atoms with Crippen LogP contribution in [0.2, 0.25) is 0 Å². The van der Waals surface area contributed by atoms with Crippen LogP contribution in [0.15, 0.2) is 0 Å². The molecule has 0 spiro atoms. The van der Waals surface area contributed by atoms with Crippen molar-refractivity contribution in [3.63, 3.8) is 0 Å². The molecule has 0 aromatic heterocycles. The molecule has 27 heavy (non-hydrogen) atoms. The van der Waals surface area contributed by atoms with Crippen molar-refractivity contribution >= 4 is 12.8 Å². The summed E-state index contributed by atoms with van der Waals surface area (Å²) in [6.45, 7) is 7.07. The van der Waals surface area contributed by atoms with Crippen LogP contribution in [0.3, 0.4) is 0 Å². The molecule has 0 saturated carbocycles. The van der Waals surface area contributed by atoms with Crippen molar-refractivity contribution in [1.82, 2.24) is 0 Å². The summed E-state index contributed by atoms with van der Waals surface area (Å²) in [6, 6.07) is -0.496. The monoisotopic (exact) mass is 404 g/mol. The topological polar surface area (TPSA) is 78.3 Å². The predicted molar refractivity (Wildman–Crippen MR) is 123 cm³/mol. The number of hydrogen-bond donors (Lipinski definition) is 2. The average molecular weight is 405 g/mol. The van der Waals surface area contributed by atoms with E-state index in [4.69, 9.17) is 16.0 Å². The van der Waals surface area contributed by atoms with E-state index >= 15 is 0 Å². The molecule has 0 aliphatic rings. The Hall–Kier alpha value is -0.180. The van der Waals surface area contributed by atoms with Crippen LogP contribution in [0.25, 0.3) is 0 Å². The van der Waals surface area contributed by atoms with Crippen LogP contribution in [0.4, 0.5) is 0 Å². The minimum absolute atomic E-state index is 0.135. The number of nitrogens with two attached hydrogens (primary N) is 2. The third-order valence-corrected chi connectivity index (χ3v) is 12.4. The first-order valence-electron chi connectivity index (χ1n) is 11.6. The Labute approximate surface area is 169 Å². The maximum atomic E-state index is 13.1. The van der Waals surface area contributed by atoms with Crippen molar-refractivity contribution in [2.75, 3.05) is 31.2 Å². The van der Waals surface area contributed by atoms with Crippen LogP contribution in [0.1, 0.15) is 98.3 Å². The van der Waals surface area contributed by atoms with Gasteiger partial charge >= 0.3 is 169 Å². The average Bonchev–Trinajstić information content (AvgIpc) is 2.68. The Morgan fingerprint density at radius 2 is 1.19 bits per heavy atom. The van der Waals surface area contributed by atoms with E-state index < -0.39 is 12.9 Å². The van der Waals surface area contributed by atoms with Crippen molar-refractivity contribution in [2.45, 2.75) is 104 Å². The van der Waals surface area contributed by atoms with E-state index in [9.17, 15) is 4.79 Å². The molecule has 0 saturated heterocycles. The number of carbonyl (C=O) groups is 1. The summed E-state index contributed by atoms with van der Waals surface area (Å²) in [6.07, 6.45) is 16.2. The number of carbonyl (C=O) groups excluding carboxylic acids is 1. The zero-order valence-corrected chi connectivity index (χ0v) is 19.7. The normalized spacial score (nSPS) is 14.5. The van der Waals surface area contributed by atoms with Crippen molar-refractivity contribution < 1.29 is 9.32 Å². The Kier molecular flexibility index (Phi) is 14.7. The molecule has 0 radical (unpaired) electrons. The van der Waals surface area contributed by atoms with Gasteiger partial charge in [-0.25, -0.2) is 0 Å². The predicted octanol–water partition coefficient (Wildman–Crippen LogP) is 5.65. The summed E-state index contributed by atoms with van der Waals surface area (Å²) in [5.74, 6) is -0.135. The molecule has 0 amide bonds. The SMILES string of the molecule is CCCCP(CCCC)(CCCC)(CCCC)OC(=O)[C@H](N)CCCCN. The van der Waals surface area contributed by atoms with Gasteiger partial charge in [0.2, 0.25) is 0 Å². The van der Waals surface area contributed by atoms with E-state index in [1.54, 1.807) is 0 Å². The van der Waals surface area contributed by atoms with Crippen molar-refractivity contribution in [1.29, 1.82) is 0 Å². The molecule has 5 heteroatoms. The molecule has 1 atom stereocenters. The number of hydrogen-bond acceptors (Lipinski definition) is 4. The molecule has 4 nitrogen and oxygen atoms in total. The zero-order chi connectivity index (χ0) is 20.6. The van der Waals surface area contributed by atoms with E-state index in [0.717, 1.165) is 88.9 Å². The van der Waals surface area contributed by atoms with E-state index in [2.05, 4.69) is 27.7 Å². The van der Waals surface area contributed by atoms with Crippen molar-refractivity contribution in [3.8, 4) is 0 Å². The molecule has 0 heterocycles. The van der Waals surface area contributed by atoms with Crippen molar-refractivity contribution in [2.24, 2.45) is 11.5 Å². The summed E-state index contributed by atoms with van der Waals surface area (Å²) in [5, 5.41) is 0. The zero-order valence-electron chi connectivity index (χ0n) is 18.8. The van der Waals surface area contributed by atoms with E-state index in [1.807, 2.05) is 0 Å². The molecule has 4 N–H and O–H groups in total. The van der Waals surface area contributed by atoms with Gasteiger partial charge in [0.05, 0.1) is 0 Å². The first kappa shape index (κ1) is 26.8. The van der Waals surface area contributed by atoms with Gasteiger partial charge in [-0.2, -0.15) is 0 Å². The molecular weight excluding hydrogens is 355 g/mol. The molecule has 0 rings (SSSR count). The second-order valence-corrected chi connectivity index (χ2v) is 14.2. The maximum absolute atomic E-state index is 13.1. The standard InChI is InChI=1S/C22H49N2O2P/c1-5-9-17-27(18-10-6-2,19-11-7-3,20-12-8-4)26-22(25)21(24)15-13-14-16-23/h21H,5-20,23-24H2,1-4H3/t21-/m1/s1. The third kappa shape index (κ3) is 9.72. The summed E-state index contributed by atoms with van der Waals surface area (Å²) >= 11 is 0. The van der Waals surface area contributed by atoms with Gasteiger partial charge < -0.3 is 0 Å². The Morgan fingerprint density at radius 1 is 0.778 bits per heavy atom. The molecule has 0 unspecified atom stereocenters. The molecular formula is C22H49N2O2P. The fourth-order valence-corrected chi connectivity index (χ4v) is 10.9. The molecule has 0 aliphatic heterocycles. The van der Waals surface area contributed by atoms with Gasteiger partial charge in [0.25, 0.3) is 0 Å². The van der Waals surface area contributed by atoms with Crippen molar-refractivity contribution in [3.05, 3.63) is 0 Å². The van der Waals surface area contributed by atoms with Gasteiger partial charge in [-0.05, 0) is 0 Å². The van der Waals surface area contributed by atoms with Gasteiger partial charge in [0.1, 0.15) is 0 Å². The molecule has 0 bridgehead atoms. The first-order valence-corrected chi connectivity index (χ1v) is 14.5. The van der Waals surface area contributed by atoms with Crippen LogP contribution >= 0.6 is 6.83 Å². The van der Waals surface area contributed by atoms with Crippen LogP contribution in [-0.2, 0) is 9.32 Å². The Bertz CT molecular complexity index is 347. The molecule has 0 fully saturated rings. The minimum atomic E-state index is -2.55. The summed E-state index contributed by atoms with van der Waals surface area (Å²) < 4.78 is 6.66. The van der Waals surface area contributed by atoms with Crippen LogP contribution < -0.4 is 11.5 Å². The number of rotatable bonds is 18. The fraction of sp³-hybridized carbons (Fsp3) is 0.955. The third-order valence-electron chi connectivity index (χ3n) is 5.93. The van der Waals surface area contributed by atoms with Crippen LogP contribution in [0, 0.1) is 0 Å². The van der Waals surface area contributed by atoms with E-state index in [1.165, 1.54) is 0 Å². The molecule has 0 aromatic rings. The first-order chi connectivity index (χ1) is 12.9. The molecule has 0 aromatic carbocycles. The van der Waals surface area contributed by atoms with E-state index in [-0.39, 0.29) is 5.97 Å². The second kappa shape index (κ2) is 14.8. The summed E-state index contributed by atoms with van der Waals surface area (Å²) in [4.78, 5) is 13.1. The second-order valence-electron chi connectivity index (χ2n) is 8.47. The van der Waals surface area contributed by atoms with Gasteiger partial charge in [-0.3, -0.25) is 0 Å². The van der Waals surface area contributed by atoms with Gasteiger partial charge in [-0.1, -0.05) is 0 Å². The molecule has 164 valence electrons. The van der Waals surface area contributed by atoms with Crippen LogP contribution in [0.5, 0.6) is 0 Å². The summed E-state index contributed by atoms with van der Waals surface area (Å²) in [5.41, 5.74) is 11.8. The Balaban J connectivity index is 5.64. The van der Waals surface area contributed by atoms with Gasteiger partial charge in [-0.15, -0.1) is 0 Å².